The molecule has 1 heterocycles. The van der Waals surface area contributed by atoms with Crippen molar-refractivity contribution in [1.29, 1.82) is 0 Å². The van der Waals surface area contributed by atoms with Crippen LogP contribution in [0.2, 0.25) is 0 Å². The summed E-state index contributed by atoms with van der Waals surface area (Å²) >= 11 is 0. The molecule has 0 fully saturated rings. The molecule has 5 nitrogen and oxygen atoms in total. The van der Waals surface area contributed by atoms with Crippen molar-refractivity contribution in [2.75, 3.05) is 6.61 Å². The van der Waals surface area contributed by atoms with E-state index in [1.165, 1.54) is 5.56 Å². The number of carboxylic acids is 1. The van der Waals surface area contributed by atoms with Crippen molar-refractivity contribution in [1.82, 2.24) is 0 Å². The number of aryl methyl sites for hydroxylation is 2. The van der Waals surface area contributed by atoms with Crippen molar-refractivity contribution in [2.45, 2.75) is 59.8 Å². The lowest BCUT2D eigenvalue weighted by molar-refractivity contribution is -0.128. The Bertz CT molecular complexity index is 1120. The zero-order valence-electron chi connectivity index (χ0n) is 19.5. The van der Waals surface area contributed by atoms with Crippen molar-refractivity contribution in [3.63, 3.8) is 0 Å². The van der Waals surface area contributed by atoms with E-state index in [1.807, 2.05) is 52.0 Å². The molecule has 170 valence electrons. The largest absolute Gasteiger partial charge is 0.486 e. The van der Waals surface area contributed by atoms with Crippen LogP contribution in [0.3, 0.4) is 0 Å². The molecule has 1 atom stereocenters. The fourth-order valence-electron chi connectivity index (χ4n) is 3.73. The number of furan rings is 1. The first-order chi connectivity index (χ1) is 15.1. The number of fused-ring (bicyclic) bond motifs is 1. The second-order valence-electron chi connectivity index (χ2n) is 9.42. The van der Waals surface area contributed by atoms with Gasteiger partial charge in [0, 0.05) is 10.8 Å². The molecule has 32 heavy (non-hydrogen) atoms. The molecular formula is C27H32O5. The van der Waals surface area contributed by atoms with Gasteiger partial charge >= 0.3 is 5.97 Å². The van der Waals surface area contributed by atoms with Gasteiger partial charge in [0.05, 0.1) is 0 Å². The maximum Gasteiger partial charge on any atom is 0.371 e. The highest BCUT2D eigenvalue weighted by Crippen LogP contribution is 2.30. The minimum Gasteiger partial charge on any atom is -0.486 e. The SMILES string of the molecule is CCC(CCc1ccc2cc(C(=O)O)oc2c1)c1ccc(OCC(=O)C(C)(C)C)c(C)c1. The first kappa shape index (κ1) is 23.6. The Hall–Kier alpha value is -3.08. The Morgan fingerprint density at radius 3 is 2.47 bits per heavy atom. The molecule has 1 unspecified atom stereocenters. The van der Waals surface area contributed by atoms with Crippen LogP contribution in [0.1, 0.15) is 73.7 Å². The van der Waals surface area contributed by atoms with Crippen LogP contribution in [0, 0.1) is 12.3 Å². The third-order valence-electron chi connectivity index (χ3n) is 5.94. The zero-order valence-corrected chi connectivity index (χ0v) is 19.5. The van der Waals surface area contributed by atoms with Crippen molar-refractivity contribution >= 4 is 22.7 Å². The van der Waals surface area contributed by atoms with Gasteiger partial charge in [0.2, 0.25) is 5.76 Å². The molecule has 0 spiro atoms. The third-order valence-corrected chi connectivity index (χ3v) is 5.94. The average molecular weight is 437 g/mol. The van der Waals surface area contributed by atoms with Crippen molar-refractivity contribution < 1.29 is 23.8 Å². The number of carboxylic acid groups (broad SMARTS) is 1. The van der Waals surface area contributed by atoms with E-state index in [4.69, 9.17) is 14.3 Å². The van der Waals surface area contributed by atoms with Gasteiger partial charge in [-0.3, -0.25) is 4.79 Å². The third kappa shape index (κ3) is 5.58. The summed E-state index contributed by atoms with van der Waals surface area (Å²) in [7, 11) is 0. The summed E-state index contributed by atoms with van der Waals surface area (Å²) in [4.78, 5) is 23.3. The van der Waals surface area contributed by atoms with Crippen LogP contribution in [0.15, 0.2) is 46.9 Å². The summed E-state index contributed by atoms with van der Waals surface area (Å²) in [5.74, 6) is 0.126. The summed E-state index contributed by atoms with van der Waals surface area (Å²) in [6, 6.07) is 13.6. The monoisotopic (exact) mass is 436 g/mol. The molecule has 5 heteroatoms. The molecule has 0 amide bonds. The molecule has 1 N–H and O–H groups in total. The maximum absolute atomic E-state index is 12.1. The number of carbonyl (C=O) groups is 2. The molecule has 0 aliphatic carbocycles. The van der Waals surface area contributed by atoms with Crippen LogP contribution in [-0.4, -0.2) is 23.5 Å². The van der Waals surface area contributed by atoms with Crippen LogP contribution in [0.4, 0.5) is 0 Å². The standard InChI is InChI=1S/C27H32O5/c1-6-19(9-7-18-8-10-21-15-24(26(29)30)32-23(21)14-18)20-11-12-22(17(2)13-20)31-16-25(28)27(3,4)5/h8,10-15,19H,6-7,9,16H2,1-5H3,(H,29,30). The highest BCUT2D eigenvalue weighted by molar-refractivity contribution is 5.91. The maximum atomic E-state index is 12.1. The minimum absolute atomic E-state index is 0.0365. The van der Waals surface area contributed by atoms with E-state index in [9.17, 15) is 9.59 Å². The fraction of sp³-hybridized carbons (Fsp3) is 0.407. The fourth-order valence-corrected chi connectivity index (χ4v) is 3.73. The van der Waals surface area contributed by atoms with Gasteiger partial charge in [-0.15, -0.1) is 0 Å². The van der Waals surface area contributed by atoms with Crippen LogP contribution < -0.4 is 4.74 Å². The van der Waals surface area contributed by atoms with Gasteiger partial charge < -0.3 is 14.3 Å². The number of hydrogen-bond donors (Lipinski definition) is 1. The number of hydrogen-bond acceptors (Lipinski definition) is 4. The smallest absolute Gasteiger partial charge is 0.371 e. The molecule has 3 aromatic rings. The van der Waals surface area contributed by atoms with E-state index in [2.05, 4.69) is 19.1 Å². The molecule has 3 rings (SSSR count). The molecule has 0 saturated heterocycles. The average Bonchev–Trinajstić information content (AvgIpc) is 3.16. The normalized spacial score (nSPS) is 12.7. The molecular weight excluding hydrogens is 404 g/mol. The molecule has 0 aliphatic heterocycles. The lowest BCUT2D eigenvalue weighted by Crippen LogP contribution is -2.26. The van der Waals surface area contributed by atoms with E-state index < -0.39 is 11.4 Å². The Morgan fingerprint density at radius 1 is 1.09 bits per heavy atom. The number of ketones is 1. The summed E-state index contributed by atoms with van der Waals surface area (Å²) in [6.45, 7) is 9.97. The number of carbonyl (C=O) groups excluding carboxylic acids is 1. The molecule has 0 aliphatic rings. The lowest BCUT2D eigenvalue weighted by atomic mass is 9.89. The summed E-state index contributed by atoms with van der Waals surface area (Å²) in [6.07, 6.45) is 2.85. The first-order valence-electron chi connectivity index (χ1n) is 11.1. The van der Waals surface area contributed by atoms with E-state index in [0.717, 1.165) is 41.5 Å². The number of benzene rings is 2. The number of rotatable bonds is 9. The quantitative estimate of drug-likeness (QED) is 0.411. The van der Waals surface area contributed by atoms with Gasteiger partial charge in [0.1, 0.15) is 17.9 Å². The number of aromatic carboxylic acids is 1. The van der Waals surface area contributed by atoms with Crippen molar-refractivity contribution in [3.8, 4) is 5.75 Å². The molecule has 0 radical (unpaired) electrons. The second-order valence-corrected chi connectivity index (χ2v) is 9.42. The van der Waals surface area contributed by atoms with Gasteiger partial charge in [-0.1, -0.05) is 52.0 Å². The van der Waals surface area contributed by atoms with Gasteiger partial charge in [-0.25, -0.2) is 4.79 Å². The summed E-state index contributed by atoms with van der Waals surface area (Å²) in [5, 5.41) is 9.91. The molecule has 0 saturated carbocycles. The second kappa shape index (κ2) is 9.60. The van der Waals surface area contributed by atoms with Crippen LogP contribution in [0.25, 0.3) is 11.0 Å². The topological polar surface area (TPSA) is 76.7 Å². The van der Waals surface area contributed by atoms with Crippen molar-refractivity contribution in [2.24, 2.45) is 5.41 Å². The minimum atomic E-state index is -1.06. The molecule has 2 aromatic carbocycles. The van der Waals surface area contributed by atoms with Gasteiger partial charge in [-0.2, -0.15) is 0 Å². The Kier molecular flexibility index (Phi) is 7.07. The van der Waals surface area contributed by atoms with Gasteiger partial charge in [-0.05, 0) is 67.0 Å². The van der Waals surface area contributed by atoms with E-state index in [-0.39, 0.29) is 18.2 Å². The van der Waals surface area contributed by atoms with E-state index in [1.54, 1.807) is 6.07 Å². The van der Waals surface area contributed by atoms with E-state index in [0.29, 0.717) is 11.5 Å². The Morgan fingerprint density at radius 2 is 1.84 bits per heavy atom. The Balaban J connectivity index is 1.66. The number of ether oxygens (including phenoxy) is 1. The number of Topliss-reactive ketones (excluding diaryl/α,β-unsaturated/α-hetero) is 1. The summed E-state index contributed by atoms with van der Waals surface area (Å²) < 4.78 is 11.2. The lowest BCUT2D eigenvalue weighted by Gasteiger charge is -2.19. The van der Waals surface area contributed by atoms with Gasteiger partial charge in [0.25, 0.3) is 0 Å². The van der Waals surface area contributed by atoms with Crippen LogP contribution >= 0.6 is 0 Å². The summed E-state index contributed by atoms with van der Waals surface area (Å²) in [5.41, 5.74) is 3.61. The predicted molar refractivity (Wildman–Crippen MR) is 126 cm³/mol. The highest BCUT2D eigenvalue weighted by Gasteiger charge is 2.22. The molecule has 1 aromatic heterocycles. The van der Waals surface area contributed by atoms with Crippen LogP contribution in [-0.2, 0) is 11.2 Å². The first-order valence-corrected chi connectivity index (χ1v) is 11.1. The highest BCUT2D eigenvalue weighted by atomic mass is 16.5. The van der Waals surface area contributed by atoms with Gasteiger partial charge in [0.15, 0.2) is 5.78 Å². The van der Waals surface area contributed by atoms with E-state index >= 15 is 0 Å². The predicted octanol–water partition coefficient (Wildman–Crippen LogP) is 6.56. The van der Waals surface area contributed by atoms with Crippen molar-refractivity contribution in [3.05, 3.63) is 64.9 Å². The molecule has 0 bridgehead atoms. The Labute approximate surface area is 189 Å². The zero-order chi connectivity index (χ0) is 23.5. The van der Waals surface area contributed by atoms with Crippen LogP contribution in [0.5, 0.6) is 5.75 Å².